The average molecular weight is 330 g/mol. The van der Waals surface area contributed by atoms with Crippen LogP contribution in [-0.4, -0.2) is 49.6 Å². The molecule has 1 N–H and O–H groups in total. The summed E-state index contributed by atoms with van der Waals surface area (Å²) in [6.45, 7) is 0.0379. The Labute approximate surface area is 122 Å². The summed E-state index contributed by atoms with van der Waals surface area (Å²) in [4.78, 5) is 3.94. The molecule has 0 spiro atoms. The van der Waals surface area contributed by atoms with Crippen LogP contribution in [0.25, 0.3) is 0 Å². The normalized spacial score (nSPS) is 12.7. The van der Waals surface area contributed by atoms with Gasteiger partial charge in [0, 0.05) is 13.3 Å². The number of nitrogens with one attached hydrogen (secondary N) is 1. The highest BCUT2D eigenvalue weighted by Gasteiger charge is 2.22. The Morgan fingerprint density at radius 1 is 1.10 bits per heavy atom. The first-order valence-corrected chi connectivity index (χ1v) is 9.15. The summed E-state index contributed by atoms with van der Waals surface area (Å²) >= 11 is 0. The molecule has 0 atom stereocenters. The van der Waals surface area contributed by atoms with E-state index in [4.69, 9.17) is 0 Å². The van der Waals surface area contributed by atoms with E-state index in [1.165, 1.54) is 37.6 Å². The summed E-state index contributed by atoms with van der Waals surface area (Å²) in [6.07, 6.45) is 2.35. The molecular weight excluding hydrogens is 316 g/mol. The maximum atomic E-state index is 12.3. The Morgan fingerprint density at radius 2 is 1.67 bits per heavy atom. The zero-order chi connectivity index (χ0) is 15.7. The number of aromatic nitrogens is 3. The molecule has 8 nitrogen and oxygen atoms in total. The van der Waals surface area contributed by atoms with Crippen LogP contribution in [0.2, 0.25) is 0 Å². The quantitative estimate of drug-likeness (QED) is 0.827. The number of sulfonamides is 1. The molecule has 0 saturated carbocycles. The minimum absolute atomic E-state index is 0.0110. The SMILES string of the molecule is CN(Cc1ncn[nH]1)S(=O)(=O)c1ccc(S(C)(=O)=O)cc1. The third kappa shape index (κ3) is 3.46. The monoisotopic (exact) mass is 330 g/mol. The molecule has 10 heteroatoms. The van der Waals surface area contributed by atoms with E-state index in [-0.39, 0.29) is 16.3 Å². The van der Waals surface area contributed by atoms with Gasteiger partial charge in [0.15, 0.2) is 9.84 Å². The first-order chi connectivity index (χ1) is 9.71. The highest BCUT2D eigenvalue weighted by molar-refractivity contribution is 7.90. The smallest absolute Gasteiger partial charge is 0.243 e. The van der Waals surface area contributed by atoms with Crippen LogP contribution in [0.5, 0.6) is 0 Å². The van der Waals surface area contributed by atoms with Crippen molar-refractivity contribution in [2.45, 2.75) is 16.3 Å². The molecule has 0 radical (unpaired) electrons. The molecule has 114 valence electrons. The predicted octanol–water partition coefficient (Wildman–Crippen LogP) is 0.0289. The Hall–Kier alpha value is -1.78. The number of nitrogens with zero attached hydrogens (tertiary/aromatic N) is 3. The van der Waals surface area contributed by atoms with Gasteiger partial charge in [-0.3, -0.25) is 5.10 Å². The lowest BCUT2D eigenvalue weighted by Gasteiger charge is -2.15. The van der Waals surface area contributed by atoms with Crippen LogP contribution >= 0.6 is 0 Å². The van der Waals surface area contributed by atoms with E-state index in [0.717, 1.165) is 10.6 Å². The first-order valence-electron chi connectivity index (χ1n) is 5.82. The highest BCUT2D eigenvalue weighted by Crippen LogP contribution is 2.18. The Balaban J connectivity index is 2.27. The third-order valence-electron chi connectivity index (χ3n) is 2.80. The second-order valence-electron chi connectivity index (χ2n) is 4.44. The van der Waals surface area contributed by atoms with Gasteiger partial charge in [0.1, 0.15) is 12.2 Å². The second-order valence-corrected chi connectivity index (χ2v) is 8.50. The Morgan fingerprint density at radius 3 is 2.14 bits per heavy atom. The lowest BCUT2D eigenvalue weighted by Crippen LogP contribution is -2.27. The molecule has 1 aromatic carbocycles. The highest BCUT2D eigenvalue weighted by atomic mass is 32.2. The van der Waals surface area contributed by atoms with E-state index in [1.54, 1.807) is 0 Å². The number of hydrogen-bond acceptors (Lipinski definition) is 6. The van der Waals surface area contributed by atoms with Gasteiger partial charge in [0.05, 0.1) is 16.3 Å². The molecule has 0 amide bonds. The van der Waals surface area contributed by atoms with Gasteiger partial charge < -0.3 is 0 Å². The Bertz CT molecular complexity index is 812. The molecule has 0 aliphatic carbocycles. The molecule has 0 aliphatic heterocycles. The molecule has 0 fully saturated rings. The van der Waals surface area contributed by atoms with E-state index < -0.39 is 19.9 Å². The summed E-state index contributed by atoms with van der Waals surface area (Å²) in [7, 11) is -5.68. The molecule has 21 heavy (non-hydrogen) atoms. The first kappa shape index (κ1) is 15.6. The molecule has 0 aliphatic rings. The fourth-order valence-corrected chi connectivity index (χ4v) is 3.40. The van der Waals surface area contributed by atoms with E-state index in [0.29, 0.717) is 5.82 Å². The average Bonchev–Trinajstić information content (AvgIpc) is 2.90. The van der Waals surface area contributed by atoms with Gasteiger partial charge in [-0.05, 0) is 24.3 Å². The third-order valence-corrected chi connectivity index (χ3v) is 5.74. The van der Waals surface area contributed by atoms with E-state index in [9.17, 15) is 16.8 Å². The number of H-pyrrole nitrogens is 1. The fourth-order valence-electron chi connectivity index (χ4n) is 1.64. The van der Waals surface area contributed by atoms with E-state index >= 15 is 0 Å². The van der Waals surface area contributed by atoms with Crippen LogP contribution in [0.1, 0.15) is 5.82 Å². The zero-order valence-electron chi connectivity index (χ0n) is 11.4. The topological polar surface area (TPSA) is 113 Å². The van der Waals surface area contributed by atoms with E-state index in [2.05, 4.69) is 15.2 Å². The predicted molar refractivity (Wildman–Crippen MR) is 74.6 cm³/mol. The van der Waals surface area contributed by atoms with Crippen molar-refractivity contribution in [2.24, 2.45) is 0 Å². The van der Waals surface area contributed by atoms with Crippen LogP contribution in [-0.2, 0) is 26.4 Å². The zero-order valence-corrected chi connectivity index (χ0v) is 13.0. The molecule has 0 bridgehead atoms. The van der Waals surface area contributed by atoms with Crippen LogP contribution in [0, 0.1) is 0 Å². The lowest BCUT2D eigenvalue weighted by atomic mass is 10.4. The molecular formula is C11H14N4O4S2. The van der Waals surface area contributed by atoms with Crippen molar-refractivity contribution in [2.75, 3.05) is 13.3 Å². The van der Waals surface area contributed by atoms with Crippen LogP contribution in [0.4, 0.5) is 0 Å². The van der Waals surface area contributed by atoms with Gasteiger partial charge in [-0.25, -0.2) is 21.8 Å². The lowest BCUT2D eigenvalue weighted by molar-refractivity contribution is 0.457. The van der Waals surface area contributed by atoms with Crippen molar-refractivity contribution in [3.05, 3.63) is 36.4 Å². The standard InChI is InChI=1S/C11H14N4O4S2/c1-15(7-11-12-8-13-14-11)21(18,19)10-5-3-9(4-6-10)20(2,16)17/h3-6,8H,7H2,1-2H3,(H,12,13,14). The number of benzene rings is 1. The number of hydrogen-bond donors (Lipinski definition) is 1. The maximum absolute atomic E-state index is 12.3. The van der Waals surface area contributed by atoms with Crippen molar-refractivity contribution in [3.63, 3.8) is 0 Å². The van der Waals surface area contributed by atoms with Gasteiger partial charge >= 0.3 is 0 Å². The number of aromatic amines is 1. The fraction of sp³-hybridized carbons (Fsp3) is 0.273. The van der Waals surface area contributed by atoms with Crippen molar-refractivity contribution in [1.29, 1.82) is 0 Å². The summed E-state index contributed by atoms with van der Waals surface area (Å²) in [6, 6.07) is 5.07. The van der Waals surface area contributed by atoms with Gasteiger partial charge in [-0.1, -0.05) is 0 Å². The number of sulfone groups is 1. The summed E-state index contributed by atoms with van der Waals surface area (Å²) < 4.78 is 48.5. The molecule has 1 aromatic heterocycles. The number of rotatable bonds is 5. The van der Waals surface area contributed by atoms with Crippen LogP contribution < -0.4 is 0 Å². The van der Waals surface area contributed by atoms with Gasteiger partial charge in [0.2, 0.25) is 10.0 Å². The van der Waals surface area contributed by atoms with Crippen LogP contribution in [0.15, 0.2) is 40.4 Å². The van der Waals surface area contributed by atoms with E-state index in [1.807, 2.05) is 0 Å². The molecule has 2 rings (SSSR count). The minimum Gasteiger partial charge on any atom is -0.262 e. The molecule has 1 heterocycles. The van der Waals surface area contributed by atoms with Crippen molar-refractivity contribution >= 4 is 19.9 Å². The van der Waals surface area contributed by atoms with Gasteiger partial charge in [-0.15, -0.1) is 0 Å². The van der Waals surface area contributed by atoms with Gasteiger partial charge in [-0.2, -0.15) is 9.40 Å². The summed E-state index contributed by atoms with van der Waals surface area (Å²) in [5, 5.41) is 6.22. The minimum atomic E-state index is -3.73. The molecule has 0 unspecified atom stereocenters. The van der Waals surface area contributed by atoms with Crippen LogP contribution in [0.3, 0.4) is 0 Å². The van der Waals surface area contributed by atoms with Crippen molar-refractivity contribution in [3.8, 4) is 0 Å². The summed E-state index contributed by atoms with van der Waals surface area (Å²) in [5.74, 6) is 0.411. The Kier molecular flexibility index (Phi) is 4.12. The van der Waals surface area contributed by atoms with Crippen molar-refractivity contribution in [1.82, 2.24) is 19.5 Å². The summed E-state index contributed by atoms with van der Waals surface area (Å²) in [5.41, 5.74) is 0. The van der Waals surface area contributed by atoms with Gasteiger partial charge in [0.25, 0.3) is 0 Å². The largest absolute Gasteiger partial charge is 0.262 e. The maximum Gasteiger partial charge on any atom is 0.243 e. The molecule has 2 aromatic rings. The van der Waals surface area contributed by atoms with Crippen molar-refractivity contribution < 1.29 is 16.8 Å². The molecule has 0 saturated heterocycles. The second kappa shape index (κ2) is 5.54.